The zero-order valence-electron chi connectivity index (χ0n) is 5.91. The van der Waals surface area contributed by atoms with E-state index in [1.54, 1.807) is 0 Å². The van der Waals surface area contributed by atoms with Crippen LogP contribution in [0.3, 0.4) is 0 Å². The number of hydrogen-bond donors (Lipinski definition) is 6. The maximum atomic E-state index is 8.56. The number of carbonyl (C=O) groups is 2. The number of hydrogen-bond acceptors (Lipinski definition) is 4. The normalized spacial score (nSPS) is 6.50. The quantitative estimate of drug-likeness (QED) is 0.317. The van der Waals surface area contributed by atoms with Gasteiger partial charge in [-0.15, -0.1) is 0 Å². The van der Waals surface area contributed by atoms with Crippen LogP contribution in [0.4, 0.5) is 9.59 Å². The summed E-state index contributed by atoms with van der Waals surface area (Å²) in [6, 6.07) is 0. The fourth-order valence-corrected chi connectivity index (χ4v) is 0. The maximum absolute atomic E-state index is 8.56. The molecule has 0 aliphatic rings. The largest absolute Gasteiger partial charge is 0.503 e. The summed E-state index contributed by atoms with van der Waals surface area (Å²) in [5.41, 5.74) is 0. The van der Waals surface area contributed by atoms with E-state index in [0.717, 1.165) is 0 Å². The lowest BCUT2D eigenvalue weighted by Crippen LogP contribution is -1.85. The monoisotopic (exact) mass is 186 g/mol. The highest BCUT2D eigenvalue weighted by atomic mass is 16.6. The molecule has 0 unspecified atom stereocenters. The summed E-state index contributed by atoms with van der Waals surface area (Å²) in [6.07, 6.45) is -3.67. The van der Waals surface area contributed by atoms with E-state index in [1.165, 1.54) is 0 Å². The first-order valence-corrected chi connectivity index (χ1v) is 2.44. The summed E-state index contributed by atoms with van der Waals surface area (Å²) >= 11 is 0. The smallest absolute Gasteiger partial charge is 0.450 e. The van der Waals surface area contributed by atoms with E-state index >= 15 is 0 Å². The van der Waals surface area contributed by atoms with Crippen molar-refractivity contribution in [3.8, 4) is 0 Å². The number of rotatable bonds is 1. The van der Waals surface area contributed by atoms with Gasteiger partial charge in [-0.1, -0.05) is 0 Å². The molecule has 0 aliphatic carbocycles. The number of aliphatic hydroxyl groups is 2. The predicted octanol–water partition coefficient (Wildman–Crippen LogP) is -0.584. The summed E-state index contributed by atoms with van der Waals surface area (Å²) < 4.78 is 0. The van der Waals surface area contributed by atoms with Gasteiger partial charge in [0, 0.05) is 0 Å². The topological polar surface area (TPSA) is 156 Å². The van der Waals surface area contributed by atoms with Gasteiger partial charge in [0.25, 0.3) is 0 Å². The number of aliphatic hydroxyl groups excluding tert-OH is 2. The van der Waals surface area contributed by atoms with E-state index in [0.29, 0.717) is 0 Å². The van der Waals surface area contributed by atoms with Gasteiger partial charge in [-0.2, -0.15) is 0 Å². The Morgan fingerprint density at radius 1 is 0.750 bits per heavy atom. The number of carboxylic acid groups (broad SMARTS) is 4. The third kappa shape index (κ3) is 1610. The molecule has 0 fully saturated rings. The first kappa shape index (κ1) is 16.8. The second kappa shape index (κ2) is 16.2. The summed E-state index contributed by atoms with van der Waals surface area (Å²) in [6.45, 7) is -0.250. The van der Waals surface area contributed by atoms with Crippen molar-refractivity contribution in [1.29, 1.82) is 0 Å². The molecular weight excluding hydrogens is 176 g/mol. The van der Waals surface area contributed by atoms with Crippen molar-refractivity contribution in [2.45, 2.75) is 0 Å². The van der Waals surface area contributed by atoms with Crippen LogP contribution in [0.25, 0.3) is 0 Å². The minimum absolute atomic E-state index is 0.125. The van der Waals surface area contributed by atoms with E-state index < -0.39 is 12.3 Å². The van der Waals surface area contributed by atoms with E-state index in [4.69, 9.17) is 40.2 Å². The van der Waals surface area contributed by atoms with Crippen molar-refractivity contribution >= 4 is 12.3 Å². The molecule has 0 saturated heterocycles. The summed E-state index contributed by atoms with van der Waals surface area (Å²) in [7, 11) is 0. The zero-order valence-corrected chi connectivity index (χ0v) is 5.91. The molecule has 0 bridgehead atoms. The molecule has 0 aromatic carbocycles. The van der Waals surface area contributed by atoms with Gasteiger partial charge in [-0.3, -0.25) is 0 Å². The van der Waals surface area contributed by atoms with E-state index in [2.05, 4.69) is 0 Å². The van der Waals surface area contributed by atoms with Crippen molar-refractivity contribution in [2.24, 2.45) is 0 Å². The molecule has 12 heavy (non-hydrogen) atoms. The molecule has 0 heterocycles. The average Bonchev–Trinajstić information content (AvgIpc) is 1.85. The average molecular weight is 186 g/mol. The van der Waals surface area contributed by atoms with Gasteiger partial charge in [-0.05, 0) is 0 Å². The van der Waals surface area contributed by atoms with Gasteiger partial charge in [0.1, 0.15) is 0 Å². The Morgan fingerprint density at radius 3 is 0.833 bits per heavy atom. The molecule has 0 amide bonds. The SMILES string of the molecule is O=C(O)O.O=C(O)O.OCCO. The summed E-state index contributed by atoms with van der Waals surface area (Å²) in [4.78, 5) is 17.1. The van der Waals surface area contributed by atoms with Crippen LogP contribution >= 0.6 is 0 Å². The lowest BCUT2D eigenvalue weighted by Gasteiger charge is -1.70. The van der Waals surface area contributed by atoms with Crippen molar-refractivity contribution in [2.75, 3.05) is 13.2 Å². The van der Waals surface area contributed by atoms with Crippen LogP contribution in [-0.2, 0) is 0 Å². The Hall–Kier alpha value is -1.54. The van der Waals surface area contributed by atoms with Crippen molar-refractivity contribution in [3.63, 3.8) is 0 Å². The fourth-order valence-electron chi connectivity index (χ4n) is 0. The minimum atomic E-state index is -1.83. The molecule has 0 saturated carbocycles. The molecule has 0 aliphatic heterocycles. The van der Waals surface area contributed by atoms with Gasteiger partial charge < -0.3 is 30.6 Å². The molecule has 6 N–H and O–H groups in total. The predicted molar refractivity (Wildman–Crippen MR) is 35.5 cm³/mol. The molecular formula is C4H10O8. The highest BCUT2D eigenvalue weighted by Crippen LogP contribution is 1.43. The third-order valence-corrected chi connectivity index (χ3v) is 0.1000. The molecule has 0 spiro atoms. The molecule has 74 valence electrons. The first-order valence-electron chi connectivity index (χ1n) is 2.44. The van der Waals surface area contributed by atoms with Crippen molar-refractivity contribution < 1.29 is 40.2 Å². The van der Waals surface area contributed by atoms with Crippen LogP contribution in [0.2, 0.25) is 0 Å². The van der Waals surface area contributed by atoms with E-state index in [9.17, 15) is 0 Å². The molecule has 0 aromatic rings. The summed E-state index contributed by atoms with van der Waals surface area (Å²) in [5, 5.41) is 43.1. The van der Waals surface area contributed by atoms with E-state index in [1.807, 2.05) is 0 Å². The molecule has 0 rings (SSSR count). The molecule has 8 heteroatoms. The van der Waals surface area contributed by atoms with Crippen LogP contribution in [-0.4, -0.2) is 56.2 Å². The standard InChI is InChI=1S/C2H6O2.2CH2O3/c3-1-2-4;2*2-1(3)4/h3-4H,1-2H2;2*(H2,2,3,4). The second-order valence-corrected chi connectivity index (χ2v) is 1.01. The molecule has 0 atom stereocenters. The maximum Gasteiger partial charge on any atom is 0.503 e. The Labute approximate surface area is 66.9 Å². The van der Waals surface area contributed by atoms with Gasteiger partial charge >= 0.3 is 12.3 Å². The lowest BCUT2D eigenvalue weighted by atomic mass is 10.8. The fraction of sp³-hybridized carbons (Fsp3) is 0.500. The van der Waals surface area contributed by atoms with Gasteiger partial charge in [0.05, 0.1) is 13.2 Å². The van der Waals surface area contributed by atoms with Crippen LogP contribution in [0, 0.1) is 0 Å². The Kier molecular flexibility index (Phi) is 22.7. The van der Waals surface area contributed by atoms with Crippen LogP contribution in [0.5, 0.6) is 0 Å². The highest BCUT2D eigenvalue weighted by molar-refractivity contribution is 5.53. The van der Waals surface area contributed by atoms with Gasteiger partial charge in [0.15, 0.2) is 0 Å². The lowest BCUT2D eigenvalue weighted by molar-refractivity contribution is 0.135. The first-order chi connectivity index (χ1) is 5.38. The Morgan fingerprint density at radius 2 is 0.833 bits per heavy atom. The molecule has 0 radical (unpaired) electrons. The highest BCUT2D eigenvalue weighted by Gasteiger charge is 1.70. The summed E-state index contributed by atoms with van der Waals surface area (Å²) in [5.74, 6) is 0. The Balaban J connectivity index is -0.000000101. The Bertz CT molecular complexity index is 87.6. The van der Waals surface area contributed by atoms with Crippen molar-refractivity contribution in [3.05, 3.63) is 0 Å². The van der Waals surface area contributed by atoms with Crippen LogP contribution < -0.4 is 0 Å². The minimum Gasteiger partial charge on any atom is -0.450 e. The second-order valence-electron chi connectivity index (χ2n) is 1.01. The van der Waals surface area contributed by atoms with Crippen molar-refractivity contribution in [1.82, 2.24) is 0 Å². The van der Waals surface area contributed by atoms with E-state index in [-0.39, 0.29) is 13.2 Å². The zero-order chi connectivity index (χ0) is 10.6. The van der Waals surface area contributed by atoms with Crippen LogP contribution in [0.1, 0.15) is 0 Å². The molecule has 8 nitrogen and oxygen atoms in total. The van der Waals surface area contributed by atoms with Gasteiger partial charge in [-0.25, -0.2) is 9.59 Å². The third-order valence-electron chi connectivity index (χ3n) is 0.1000. The van der Waals surface area contributed by atoms with Crippen LogP contribution in [0.15, 0.2) is 0 Å². The molecule has 0 aromatic heterocycles. The van der Waals surface area contributed by atoms with Gasteiger partial charge in [0.2, 0.25) is 0 Å².